The van der Waals surface area contributed by atoms with Crippen LogP contribution in [0.1, 0.15) is 0 Å². The molecule has 1 aromatic carbocycles. The van der Waals surface area contributed by atoms with Crippen LogP contribution in [0.25, 0.3) is 11.1 Å². The molecule has 1 heterocycles. The Morgan fingerprint density at radius 1 is 1.42 bits per heavy atom. The normalized spacial score (nSPS) is 13.8. The smallest absolute Gasteiger partial charge is 0.430 e. The Balaban J connectivity index is 2.05. The zero-order valence-electron chi connectivity index (χ0n) is 9.44. The molecule has 0 saturated heterocycles. The minimum Gasteiger partial charge on any atom is -0.430 e. The molecule has 2 rings (SSSR count). The van der Waals surface area contributed by atoms with Gasteiger partial charge in [-0.05, 0) is 18.2 Å². The number of nitrogen functional groups attached to an aromatic ring is 1. The van der Waals surface area contributed by atoms with Crippen molar-refractivity contribution in [3.63, 3.8) is 0 Å². The lowest BCUT2D eigenvalue weighted by Crippen LogP contribution is -2.17. The average Bonchev–Trinajstić information content (AvgIpc) is 2.70. The van der Waals surface area contributed by atoms with Gasteiger partial charge in [0.05, 0.1) is 12.4 Å². The van der Waals surface area contributed by atoms with E-state index in [9.17, 15) is 17.4 Å². The summed E-state index contributed by atoms with van der Waals surface area (Å²) in [6.07, 6.45) is -4.74. The Hall–Kier alpha value is -1.61. The van der Waals surface area contributed by atoms with Crippen molar-refractivity contribution in [3.05, 3.63) is 18.2 Å². The minimum atomic E-state index is -4.74. The number of halogens is 3. The Morgan fingerprint density at radius 2 is 2.16 bits per heavy atom. The molecule has 9 heteroatoms. The molecule has 0 spiro atoms. The van der Waals surface area contributed by atoms with Crippen molar-refractivity contribution in [1.82, 2.24) is 4.98 Å². The first-order valence-electron chi connectivity index (χ1n) is 5.10. The van der Waals surface area contributed by atoms with E-state index in [1.54, 1.807) is 12.1 Å². The van der Waals surface area contributed by atoms with Crippen LogP contribution in [-0.4, -0.2) is 27.9 Å². The highest BCUT2D eigenvalue weighted by Gasteiger charge is 2.29. The van der Waals surface area contributed by atoms with Gasteiger partial charge in [0, 0.05) is 5.69 Å². The number of rotatable bonds is 4. The lowest BCUT2D eigenvalue weighted by Gasteiger charge is -2.05. The monoisotopic (exact) mass is 294 g/mol. The maximum atomic E-state index is 11.7. The van der Waals surface area contributed by atoms with Crippen LogP contribution < -0.4 is 5.73 Å². The second-order valence-corrected chi connectivity index (χ2v) is 5.00. The van der Waals surface area contributed by atoms with Crippen molar-refractivity contribution in [1.29, 1.82) is 0 Å². The SMILES string of the molecule is Nc1ccc2oc(S(=O)CCOC(F)(F)F)nc2c1. The number of aromatic nitrogens is 1. The largest absolute Gasteiger partial charge is 0.522 e. The highest BCUT2D eigenvalue weighted by molar-refractivity contribution is 7.84. The lowest BCUT2D eigenvalue weighted by molar-refractivity contribution is -0.322. The highest BCUT2D eigenvalue weighted by atomic mass is 32.2. The molecule has 5 nitrogen and oxygen atoms in total. The summed E-state index contributed by atoms with van der Waals surface area (Å²) >= 11 is 0. The van der Waals surface area contributed by atoms with Crippen molar-refractivity contribution in [2.75, 3.05) is 18.1 Å². The maximum absolute atomic E-state index is 11.7. The van der Waals surface area contributed by atoms with Crippen molar-refractivity contribution in [2.45, 2.75) is 11.6 Å². The Morgan fingerprint density at radius 3 is 2.84 bits per heavy atom. The molecule has 0 bridgehead atoms. The van der Waals surface area contributed by atoms with Crippen LogP contribution >= 0.6 is 0 Å². The van der Waals surface area contributed by atoms with Gasteiger partial charge in [0.1, 0.15) is 16.3 Å². The van der Waals surface area contributed by atoms with Gasteiger partial charge in [0.25, 0.3) is 5.22 Å². The Kier molecular flexibility index (Phi) is 3.76. The highest BCUT2D eigenvalue weighted by Crippen LogP contribution is 2.21. The molecule has 0 saturated carbocycles. The number of alkyl halides is 3. The van der Waals surface area contributed by atoms with Gasteiger partial charge in [0.2, 0.25) is 0 Å². The molecule has 1 aromatic heterocycles. The van der Waals surface area contributed by atoms with Gasteiger partial charge in [-0.3, -0.25) is 4.74 Å². The predicted octanol–water partition coefficient (Wildman–Crippen LogP) is 2.05. The van der Waals surface area contributed by atoms with E-state index in [0.717, 1.165) is 0 Å². The van der Waals surface area contributed by atoms with Crippen LogP contribution in [0.15, 0.2) is 27.8 Å². The summed E-state index contributed by atoms with van der Waals surface area (Å²) in [5.74, 6) is -0.359. The summed E-state index contributed by atoms with van der Waals surface area (Å²) < 4.78 is 55.6. The molecule has 0 aliphatic heterocycles. The van der Waals surface area contributed by atoms with Gasteiger partial charge >= 0.3 is 6.36 Å². The molecule has 104 valence electrons. The van der Waals surface area contributed by atoms with Crippen molar-refractivity contribution < 1.29 is 26.5 Å². The maximum Gasteiger partial charge on any atom is 0.522 e. The summed E-state index contributed by atoms with van der Waals surface area (Å²) in [4.78, 5) is 3.90. The number of fused-ring (bicyclic) bond motifs is 1. The van der Waals surface area contributed by atoms with Gasteiger partial charge in [0.15, 0.2) is 5.58 Å². The lowest BCUT2D eigenvalue weighted by atomic mass is 10.3. The van der Waals surface area contributed by atoms with Crippen LogP contribution in [0.4, 0.5) is 18.9 Å². The Labute approximate surface area is 108 Å². The summed E-state index contributed by atoms with van der Waals surface area (Å²) in [7, 11) is -1.80. The van der Waals surface area contributed by atoms with Gasteiger partial charge in [-0.1, -0.05) is 0 Å². The minimum absolute atomic E-state index is 0.147. The van der Waals surface area contributed by atoms with E-state index in [-0.39, 0.29) is 11.0 Å². The number of ether oxygens (including phenoxy) is 1. The second-order valence-electron chi connectivity index (χ2n) is 3.55. The first-order valence-corrected chi connectivity index (χ1v) is 6.42. The van der Waals surface area contributed by atoms with Gasteiger partial charge < -0.3 is 10.2 Å². The first-order chi connectivity index (χ1) is 8.85. The molecule has 19 heavy (non-hydrogen) atoms. The summed E-state index contributed by atoms with van der Waals surface area (Å²) in [6, 6.07) is 4.64. The standard InChI is InChI=1S/C10H9F3N2O3S/c11-10(12,13)17-3-4-19(16)9-15-7-5-6(14)1-2-8(7)18-9/h1-2,5H,3-4,14H2. The van der Waals surface area contributed by atoms with E-state index in [4.69, 9.17) is 10.2 Å². The topological polar surface area (TPSA) is 78.3 Å². The van der Waals surface area contributed by atoms with Crippen LogP contribution in [0.3, 0.4) is 0 Å². The number of hydrogen-bond donors (Lipinski definition) is 1. The third kappa shape index (κ3) is 3.67. The number of nitrogens with zero attached hydrogens (tertiary/aromatic N) is 1. The zero-order valence-corrected chi connectivity index (χ0v) is 10.3. The number of oxazole rings is 1. The van der Waals surface area contributed by atoms with Gasteiger partial charge in [-0.25, -0.2) is 9.19 Å². The molecule has 1 unspecified atom stereocenters. The van der Waals surface area contributed by atoms with Gasteiger partial charge in [-0.15, -0.1) is 13.2 Å². The van der Waals surface area contributed by atoms with Crippen LogP contribution in [0.5, 0.6) is 0 Å². The molecule has 2 aromatic rings. The van der Waals surface area contributed by atoms with E-state index in [2.05, 4.69) is 9.72 Å². The molecule has 0 radical (unpaired) electrons. The van der Waals surface area contributed by atoms with Crippen molar-refractivity contribution in [3.8, 4) is 0 Å². The summed E-state index contributed by atoms with van der Waals surface area (Å²) in [6.45, 7) is -0.725. The number of anilines is 1. The number of hydrogen-bond acceptors (Lipinski definition) is 5. The third-order valence-corrected chi connectivity index (χ3v) is 3.22. The summed E-state index contributed by atoms with van der Waals surface area (Å²) in [5.41, 5.74) is 6.76. The zero-order chi connectivity index (χ0) is 14.0. The molecule has 0 fully saturated rings. The predicted molar refractivity (Wildman–Crippen MR) is 61.7 cm³/mol. The second kappa shape index (κ2) is 5.17. The molecule has 1 atom stereocenters. The van der Waals surface area contributed by atoms with Crippen molar-refractivity contribution in [2.24, 2.45) is 0 Å². The van der Waals surface area contributed by atoms with E-state index >= 15 is 0 Å². The fourth-order valence-electron chi connectivity index (χ4n) is 1.34. The van der Waals surface area contributed by atoms with E-state index in [1.165, 1.54) is 6.07 Å². The fourth-order valence-corrected chi connectivity index (χ4v) is 2.13. The molecule has 0 amide bonds. The molecule has 0 aliphatic rings. The van der Waals surface area contributed by atoms with Gasteiger partial charge in [-0.2, -0.15) is 0 Å². The van der Waals surface area contributed by atoms with Crippen molar-refractivity contribution >= 4 is 27.6 Å². The number of nitrogens with two attached hydrogens (primary N) is 1. The van der Waals surface area contributed by atoms with Crippen LogP contribution in [0, 0.1) is 0 Å². The molecule has 0 aliphatic carbocycles. The summed E-state index contributed by atoms with van der Waals surface area (Å²) in [5, 5.41) is -0.147. The molecular weight excluding hydrogens is 285 g/mol. The van der Waals surface area contributed by atoms with E-state index in [1.807, 2.05) is 0 Å². The third-order valence-electron chi connectivity index (χ3n) is 2.12. The molecule has 2 N–H and O–H groups in total. The molecular formula is C10H9F3N2O3S. The number of benzene rings is 1. The van der Waals surface area contributed by atoms with E-state index < -0.39 is 23.8 Å². The average molecular weight is 294 g/mol. The first kappa shape index (κ1) is 13.8. The Bertz CT molecular complexity index is 612. The van der Waals surface area contributed by atoms with E-state index in [0.29, 0.717) is 16.8 Å². The van der Waals surface area contributed by atoms with Crippen LogP contribution in [-0.2, 0) is 15.5 Å². The van der Waals surface area contributed by atoms with Crippen LogP contribution in [0.2, 0.25) is 0 Å². The fraction of sp³-hybridized carbons (Fsp3) is 0.300. The quantitative estimate of drug-likeness (QED) is 0.873.